The molecule has 0 aromatic heterocycles. The summed E-state index contributed by atoms with van der Waals surface area (Å²) >= 11 is 0. The summed E-state index contributed by atoms with van der Waals surface area (Å²) in [6.07, 6.45) is 6.03. The number of nitrogens with zero attached hydrogens (tertiary/aromatic N) is 1. The molecule has 2 aliphatic rings. The van der Waals surface area contributed by atoms with Crippen molar-refractivity contribution in [3.63, 3.8) is 0 Å². The fourth-order valence-corrected chi connectivity index (χ4v) is 2.98. The average Bonchev–Trinajstić information content (AvgIpc) is 2.41. The first-order valence-corrected chi connectivity index (χ1v) is 7.47. The highest BCUT2D eigenvalue weighted by Crippen LogP contribution is 2.21. The first-order valence-electron chi connectivity index (χ1n) is 7.47. The molecule has 18 heavy (non-hydrogen) atoms. The fraction of sp³-hybridized carbons (Fsp3) is 1.00. The van der Waals surface area contributed by atoms with E-state index in [-0.39, 0.29) is 6.29 Å². The van der Waals surface area contributed by atoms with Gasteiger partial charge in [-0.1, -0.05) is 6.92 Å². The highest BCUT2D eigenvalue weighted by Gasteiger charge is 2.25. The Morgan fingerprint density at radius 1 is 1.33 bits per heavy atom. The third-order valence-electron chi connectivity index (χ3n) is 4.19. The summed E-state index contributed by atoms with van der Waals surface area (Å²) < 4.78 is 11.4. The molecule has 2 rings (SSSR count). The third kappa shape index (κ3) is 4.19. The highest BCUT2D eigenvalue weighted by molar-refractivity contribution is 4.80. The minimum Gasteiger partial charge on any atom is -0.353 e. The van der Waals surface area contributed by atoms with Crippen LogP contribution in [-0.2, 0) is 9.47 Å². The van der Waals surface area contributed by atoms with Crippen LogP contribution in [-0.4, -0.2) is 50.1 Å². The van der Waals surface area contributed by atoms with Gasteiger partial charge in [0, 0.05) is 25.7 Å². The van der Waals surface area contributed by atoms with E-state index in [1.807, 2.05) is 0 Å². The molecule has 2 aliphatic heterocycles. The molecular weight excluding hydrogens is 228 g/mol. The van der Waals surface area contributed by atoms with Gasteiger partial charge in [0.1, 0.15) is 0 Å². The van der Waals surface area contributed by atoms with Gasteiger partial charge in [0.25, 0.3) is 0 Å². The number of rotatable bonds is 5. The van der Waals surface area contributed by atoms with Crippen LogP contribution in [0.15, 0.2) is 0 Å². The molecule has 0 aromatic rings. The van der Waals surface area contributed by atoms with Crippen molar-refractivity contribution in [2.75, 3.05) is 32.8 Å². The molecule has 0 amide bonds. The Morgan fingerprint density at radius 2 is 2.22 bits per heavy atom. The van der Waals surface area contributed by atoms with E-state index in [1.165, 1.54) is 25.7 Å². The van der Waals surface area contributed by atoms with Gasteiger partial charge in [0.2, 0.25) is 0 Å². The van der Waals surface area contributed by atoms with Crippen molar-refractivity contribution in [3.05, 3.63) is 0 Å². The fourth-order valence-electron chi connectivity index (χ4n) is 2.98. The Hall–Kier alpha value is -0.160. The topological polar surface area (TPSA) is 47.7 Å². The number of likely N-dealkylation sites (tertiary alicyclic amines) is 1. The van der Waals surface area contributed by atoms with E-state index in [4.69, 9.17) is 15.2 Å². The lowest BCUT2D eigenvalue weighted by atomic mass is 9.92. The second-order valence-corrected chi connectivity index (χ2v) is 5.72. The number of hydrogen-bond donors (Lipinski definition) is 1. The van der Waals surface area contributed by atoms with Crippen molar-refractivity contribution in [2.24, 2.45) is 11.7 Å². The summed E-state index contributed by atoms with van der Waals surface area (Å²) in [5.74, 6) is 0.817. The Morgan fingerprint density at radius 3 is 2.94 bits per heavy atom. The Kier molecular flexibility index (Phi) is 5.89. The smallest absolute Gasteiger partial charge is 0.157 e. The molecule has 0 radical (unpaired) electrons. The molecule has 2 saturated heterocycles. The third-order valence-corrected chi connectivity index (χ3v) is 4.19. The second-order valence-electron chi connectivity index (χ2n) is 5.72. The Bertz CT molecular complexity index is 232. The van der Waals surface area contributed by atoms with Gasteiger partial charge in [-0.25, -0.2) is 0 Å². The summed E-state index contributed by atoms with van der Waals surface area (Å²) in [6, 6.07) is 0.546. The maximum atomic E-state index is 5.86. The molecule has 0 spiro atoms. The predicted molar refractivity (Wildman–Crippen MR) is 72.4 cm³/mol. The maximum absolute atomic E-state index is 5.86. The molecule has 3 unspecified atom stereocenters. The van der Waals surface area contributed by atoms with E-state index in [0.29, 0.717) is 6.04 Å². The molecule has 106 valence electrons. The quantitative estimate of drug-likeness (QED) is 0.811. The van der Waals surface area contributed by atoms with E-state index >= 15 is 0 Å². The van der Waals surface area contributed by atoms with Crippen LogP contribution in [0.5, 0.6) is 0 Å². The van der Waals surface area contributed by atoms with Crippen molar-refractivity contribution in [2.45, 2.75) is 51.4 Å². The molecule has 0 bridgehead atoms. The van der Waals surface area contributed by atoms with Crippen LogP contribution < -0.4 is 5.73 Å². The summed E-state index contributed by atoms with van der Waals surface area (Å²) in [7, 11) is 0. The van der Waals surface area contributed by atoms with Gasteiger partial charge in [-0.15, -0.1) is 0 Å². The molecule has 0 aliphatic carbocycles. The zero-order chi connectivity index (χ0) is 12.8. The van der Waals surface area contributed by atoms with Gasteiger partial charge >= 0.3 is 0 Å². The molecular formula is C14H28N2O2. The van der Waals surface area contributed by atoms with E-state index in [0.717, 1.165) is 45.2 Å². The van der Waals surface area contributed by atoms with Crippen molar-refractivity contribution in [3.8, 4) is 0 Å². The molecule has 0 aromatic carbocycles. The molecule has 4 nitrogen and oxygen atoms in total. The predicted octanol–water partition coefficient (Wildman–Crippen LogP) is 1.59. The summed E-state index contributed by atoms with van der Waals surface area (Å²) in [6.45, 7) is 6.88. The van der Waals surface area contributed by atoms with Crippen LogP contribution >= 0.6 is 0 Å². The summed E-state index contributed by atoms with van der Waals surface area (Å²) in [5.41, 5.74) is 5.86. The summed E-state index contributed by atoms with van der Waals surface area (Å²) in [5, 5.41) is 0. The number of piperidine rings is 1. The zero-order valence-corrected chi connectivity index (χ0v) is 11.6. The minimum atomic E-state index is 0.0405. The van der Waals surface area contributed by atoms with Crippen LogP contribution in [0.2, 0.25) is 0 Å². The van der Waals surface area contributed by atoms with Crippen LogP contribution in [0, 0.1) is 5.92 Å². The zero-order valence-electron chi connectivity index (χ0n) is 11.6. The van der Waals surface area contributed by atoms with Crippen LogP contribution in [0.25, 0.3) is 0 Å². The average molecular weight is 256 g/mol. The van der Waals surface area contributed by atoms with E-state index < -0.39 is 0 Å². The van der Waals surface area contributed by atoms with Crippen LogP contribution in [0.3, 0.4) is 0 Å². The lowest BCUT2D eigenvalue weighted by molar-refractivity contribution is -0.165. The molecule has 3 atom stereocenters. The van der Waals surface area contributed by atoms with Crippen LogP contribution in [0.4, 0.5) is 0 Å². The van der Waals surface area contributed by atoms with E-state index in [9.17, 15) is 0 Å². The van der Waals surface area contributed by atoms with Crippen molar-refractivity contribution in [1.82, 2.24) is 4.90 Å². The lowest BCUT2D eigenvalue weighted by Crippen LogP contribution is -2.47. The van der Waals surface area contributed by atoms with Gasteiger partial charge in [-0.3, -0.25) is 4.90 Å². The minimum absolute atomic E-state index is 0.0405. The summed E-state index contributed by atoms with van der Waals surface area (Å²) in [4.78, 5) is 2.49. The molecule has 4 heteroatoms. The number of nitrogens with two attached hydrogens (primary N) is 1. The monoisotopic (exact) mass is 256 g/mol. The van der Waals surface area contributed by atoms with E-state index in [1.54, 1.807) is 0 Å². The molecule has 2 fully saturated rings. The number of hydrogen-bond acceptors (Lipinski definition) is 4. The second kappa shape index (κ2) is 7.43. The van der Waals surface area contributed by atoms with Gasteiger partial charge < -0.3 is 15.2 Å². The van der Waals surface area contributed by atoms with Crippen molar-refractivity contribution in [1.29, 1.82) is 0 Å². The van der Waals surface area contributed by atoms with Crippen molar-refractivity contribution < 1.29 is 9.47 Å². The van der Waals surface area contributed by atoms with E-state index in [2.05, 4.69) is 11.8 Å². The normalized spacial score (nSPS) is 34.7. The Labute approximate surface area is 111 Å². The SMILES string of the molecule is CC1CCN(CCOC2CCCCO2)C(CN)C1. The standard InChI is InChI=1S/C14H28N2O2/c1-12-5-6-16(13(10-12)11-15)7-9-18-14-4-2-3-8-17-14/h12-14H,2-11,15H2,1H3. The molecule has 2 N–H and O–H groups in total. The first-order chi connectivity index (χ1) is 8.79. The molecule has 2 heterocycles. The van der Waals surface area contributed by atoms with Gasteiger partial charge in [0.15, 0.2) is 6.29 Å². The molecule has 0 saturated carbocycles. The van der Waals surface area contributed by atoms with Gasteiger partial charge in [-0.2, -0.15) is 0 Å². The lowest BCUT2D eigenvalue weighted by Gasteiger charge is -2.38. The van der Waals surface area contributed by atoms with Gasteiger partial charge in [0.05, 0.1) is 6.61 Å². The number of ether oxygens (including phenoxy) is 2. The maximum Gasteiger partial charge on any atom is 0.157 e. The largest absolute Gasteiger partial charge is 0.353 e. The highest BCUT2D eigenvalue weighted by atomic mass is 16.7. The van der Waals surface area contributed by atoms with Crippen LogP contribution in [0.1, 0.15) is 39.0 Å². The Balaban J connectivity index is 1.65. The first kappa shape index (κ1) is 14.3. The van der Waals surface area contributed by atoms with Gasteiger partial charge in [-0.05, 0) is 44.6 Å². The van der Waals surface area contributed by atoms with Crippen molar-refractivity contribution >= 4 is 0 Å².